The van der Waals surface area contributed by atoms with E-state index in [1.165, 1.54) is 16.8 Å². The Hall–Kier alpha value is -2.16. The highest BCUT2D eigenvalue weighted by Crippen LogP contribution is 2.07. The number of nitrogens with one attached hydrogen (secondary N) is 2. The lowest BCUT2D eigenvalue weighted by Gasteiger charge is -2.05. The molecule has 20 heavy (non-hydrogen) atoms. The SMILES string of the molecule is CCOc1n[nH]c(NC(=O)Cn2cc(Br)ccc2=O)n1. The van der Waals surface area contributed by atoms with E-state index in [4.69, 9.17) is 4.74 Å². The summed E-state index contributed by atoms with van der Waals surface area (Å²) in [6.07, 6.45) is 1.54. The van der Waals surface area contributed by atoms with Gasteiger partial charge in [0, 0.05) is 16.7 Å². The minimum atomic E-state index is -0.399. The lowest BCUT2D eigenvalue weighted by molar-refractivity contribution is -0.116. The van der Waals surface area contributed by atoms with Crippen molar-refractivity contribution in [1.29, 1.82) is 0 Å². The van der Waals surface area contributed by atoms with E-state index < -0.39 is 5.91 Å². The lowest BCUT2D eigenvalue weighted by Crippen LogP contribution is -2.27. The van der Waals surface area contributed by atoms with Crippen LogP contribution >= 0.6 is 15.9 Å². The molecule has 2 heterocycles. The predicted octanol–water partition coefficient (Wildman–Crippen LogP) is 0.766. The number of amides is 1. The van der Waals surface area contributed by atoms with Gasteiger partial charge in [0.2, 0.25) is 11.9 Å². The Morgan fingerprint density at radius 2 is 2.35 bits per heavy atom. The van der Waals surface area contributed by atoms with Gasteiger partial charge in [-0.15, -0.1) is 5.10 Å². The predicted molar refractivity (Wildman–Crippen MR) is 74.6 cm³/mol. The van der Waals surface area contributed by atoms with Gasteiger partial charge in [0.1, 0.15) is 6.54 Å². The molecule has 2 aromatic heterocycles. The maximum absolute atomic E-state index is 11.8. The van der Waals surface area contributed by atoms with Crippen LogP contribution in [0.15, 0.2) is 27.6 Å². The van der Waals surface area contributed by atoms with Crippen molar-refractivity contribution in [1.82, 2.24) is 19.7 Å². The molecule has 0 unspecified atom stereocenters. The highest BCUT2D eigenvalue weighted by Gasteiger charge is 2.09. The molecular formula is C11H12BrN5O3. The Morgan fingerprint density at radius 1 is 1.55 bits per heavy atom. The van der Waals surface area contributed by atoms with Crippen molar-refractivity contribution in [2.45, 2.75) is 13.5 Å². The van der Waals surface area contributed by atoms with E-state index in [0.29, 0.717) is 11.1 Å². The molecule has 0 atom stereocenters. The summed E-state index contributed by atoms with van der Waals surface area (Å²) < 4.78 is 7.04. The van der Waals surface area contributed by atoms with Gasteiger partial charge in [-0.3, -0.25) is 14.9 Å². The fraction of sp³-hybridized carbons (Fsp3) is 0.273. The van der Waals surface area contributed by atoms with Crippen molar-refractivity contribution in [3.63, 3.8) is 0 Å². The second kappa shape index (κ2) is 6.33. The first kappa shape index (κ1) is 14.3. The van der Waals surface area contributed by atoms with Gasteiger partial charge in [-0.25, -0.2) is 5.10 Å². The minimum absolute atomic E-state index is 0.122. The summed E-state index contributed by atoms with van der Waals surface area (Å²) in [4.78, 5) is 27.3. The highest BCUT2D eigenvalue weighted by atomic mass is 79.9. The molecule has 2 aromatic rings. The molecule has 0 fully saturated rings. The van der Waals surface area contributed by atoms with Gasteiger partial charge in [-0.1, -0.05) is 0 Å². The minimum Gasteiger partial charge on any atom is -0.463 e. The van der Waals surface area contributed by atoms with E-state index in [0.717, 1.165) is 0 Å². The molecule has 0 aliphatic heterocycles. The zero-order valence-electron chi connectivity index (χ0n) is 10.6. The van der Waals surface area contributed by atoms with Crippen LogP contribution in [0, 0.1) is 0 Å². The highest BCUT2D eigenvalue weighted by molar-refractivity contribution is 9.10. The van der Waals surface area contributed by atoms with Crippen molar-refractivity contribution in [2.75, 3.05) is 11.9 Å². The van der Waals surface area contributed by atoms with Crippen LogP contribution in [-0.2, 0) is 11.3 Å². The fourth-order valence-corrected chi connectivity index (χ4v) is 1.83. The average Bonchev–Trinajstić information content (AvgIpc) is 2.81. The number of anilines is 1. The van der Waals surface area contributed by atoms with Gasteiger partial charge < -0.3 is 9.30 Å². The second-order valence-corrected chi connectivity index (χ2v) is 4.68. The molecule has 8 nitrogen and oxygen atoms in total. The zero-order chi connectivity index (χ0) is 14.5. The van der Waals surface area contributed by atoms with Gasteiger partial charge in [-0.2, -0.15) is 4.98 Å². The number of carbonyl (C=O) groups excluding carboxylic acids is 1. The number of carbonyl (C=O) groups is 1. The number of nitrogens with zero attached hydrogens (tertiary/aromatic N) is 3. The Balaban J connectivity index is 2.01. The van der Waals surface area contributed by atoms with Crippen LogP contribution in [0.3, 0.4) is 0 Å². The molecule has 0 bridgehead atoms. The summed E-state index contributed by atoms with van der Waals surface area (Å²) in [7, 11) is 0. The molecule has 9 heteroatoms. The van der Waals surface area contributed by atoms with Crippen LogP contribution in [0.2, 0.25) is 0 Å². The van der Waals surface area contributed by atoms with Crippen LogP contribution in [-0.4, -0.2) is 32.3 Å². The fourth-order valence-electron chi connectivity index (χ4n) is 1.45. The lowest BCUT2D eigenvalue weighted by atomic mass is 10.4. The number of H-pyrrole nitrogens is 1. The third-order valence-electron chi connectivity index (χ3n) is 2.26. The molecule has 0 aromatic carbocycles. The van der Waals surface area contributed by atoms with E-state index in [-0.39, 0.29) is 24.1 Å². The topological polar surface area (TPSA) is 102 Å². The molecule has 2 N–H and O–H groups in total. The maximum atomic E-state index is 11.8. The van der Waals surface area contributed by atoms with E-state index in [1.807, 2.05) is 0 Å². The van der Waals surface area contributed by atoms with Crippen LogP contribution < -0.4 is 15.6 Å². The number of aromatic amines is 1. The Morgan fingerprint density at radius 3 is 3.10 bits per heavy atom. The summed E-state index contributed by atoms with van der Waals surface area (Å²) in [5.74, 6) is -0.231. The summed E-state index contributed by atoms with van der Waals surface area (Å²) in [5, 5.41) is 8.76. The van der Waals surface area contributed by atoms with E-state index in [1.54, 1.807) is 13.0 Å². The van der Waals surface area contributed by atoms with E-state index >= 15 is 0 Å². The normalized spacial score (nSPS) is 10.3. The number of pyridine rings is 1. The van der Waals surface area contributed by atoms with Gasteiger partial charge in [0.05, 0.1) is 6.61 Å². The smallest absolute Gasteiger partial charge is 0.337 e. The van der Waals surface area contributed by atoms with Gasteiger partial charge in [-0.05, 0) is 28.9 Å². The van der Waals surface area contributed by atoms with Crippen molar-refractivity contribution < 1.29 is 9.53 Å². The van der Waals surface area contributed by atoms with Crippen LogP contribution in [0.1, 0.15) is 6.92 Å². The number of hydrogen-bond donors (Lipinski definition) is 2. The van der Waals surface area contributed by atoms with Crippen LogP contribution in [0.5, 0.6) is 6.01 Å². The Labute approximate surface area is 122 Å². The van der Waals surface area contributed by atoms with Gasteiger partial charge >= 0.3 is 6.01 Å². The van der Waals surface area contributed by atoms with Crippen molar-refractivity contribution >= 4 is 27.8 Å². The first-order valence-corrected chi connectivity index (χ1v) is 6.59. The first-order chi connectivity index (χ1) is 9.58. The Bertz CT molecular complexity index is 666. The van der Waals surface area contributed by atoms with Gasteiger partial charge in [0.15, 0.2) is 0 Å². The third-order valence-corrected chi connectivity index (χ3v) is 2.73. The zero-order valence-corrected chi connectivity index (χ0v) is 12.2. The summed E-state index contributed by atoms with van der Waals surface area (Å²) in [5.41, 5.74) is -0.268. The summed E-state index contributed by atoms with van der Waals surface area (Å²) in [6, 6.07) is 3.14. The molecule has 0 spiro atoms. The number of halogens is 1. The summed E-state index contributed by atoms with van der Waals surface area (Å²) >= 11 is 3.24. The Kier molecular flexibility index (Phi) is 4.51. The van der Waals surface area contributed by atoms with E-state index in [2.05, 4.69) is 36.4 Å². The number of rotatable bonds is 5. The molecule has 0 radical (unpaired) electrons. The molecule has 0 aliphatic rings. The second-order valence-electron chi connectivity index (χ2n) is 3.76. The third kappa shape index (κ3) is 3.67. The van der Waals surface area contributed by atoms with Crippen molar-refractivity contribution in [3.8, 4) is 6.01 Å². The standard InChI is InChI=1S/C11H12BrN5O3/c1-2-20-11-14-10(15-16-11)13-8(18)6-17-5-7(12)3-4-9(17)19/h3-5H,2,6H2,1H3,(H2,13,14,15,16,18). The van der Waals surface area contributed by atoms with Crippen LogP contribution in [0.25, 0.3) is 0 Å². The summed E-state index contributed by atoms with van der Waals surface area (Å²) in [6.45, 7) is 2.11. The quantitative estimate of drug-likeness (QED) is 0.836. The van der Waals surface area contributed by atoms with E-state index in [9.17, 15) is 9.59 Å². The first-order valence-electron chi connectivity index (χ1n) is 5.79. The molecule has 0 saturated heterocycles. The number of ether oxygens (including phenoxy) is 1. The molecule has 0 saturated carbocycles. The molecule has 0 aliphatic carbocycles. The maximum Gasteiger partial charge on any atom is 0.337 e. The van der Waals surface area contributed by atoms with Crippen LogP contribution in [0.4, 0.5) is 5.95 Å². The number of hydrogen-bond acceptors (Lipinski definition) is 5. The molecule has 1 amide bonds. The molecule has 106 valence electrons. The monoisotopic (exact) mass is 341 g/mol. The molecular weight excluding hydrogens is 330 g/mol. The van der Waals surface area contributed by atoms with Crippen molar-refractivity contribution in [2.24, 2.45) is 0 Å². The molecule has 2 rings (SSSR count). The van der Waals surface area contributed by atoms with Crippen molar-refractivity contribution in [3.05, 3.63) is 33.2 Å². The number of aromatic nitrogens is 4. The average molecular weight is 342 g/mol. The van der Waals surface area contributed by atoms with Gasteiger partial charge in [0.25, 0.3) is 5.56 Å². The largest absolute Gasteiger partial charge is 0.463 e.